The molecule has 2 amide bonds. The Morgan fingerprint density at radius 1 is 1.22 bits per heavy atom. The summed E-state index contributed by atoms with van der Waals surface area (Å²) >= 11 is 0. The van der Waals surface area contributed by atoms with Gasteiger partial charge in [-0.3, -0.25) is 14.4 Å². The number of rotatable bonds is 4. The van der Waals surface area contributed by atoms with Crippen molar-refractivity contribution in [2.45, 2.75) is 19.8 Å². The van der Waals surface area contributed by atoms with Crippen LogP contribution in [0.4, 0.5) is 11.4 Å². The van der Waals surface area contributed by atoms with Crippen molar-refractivity contribution >= 4 is 29.5 Å². The maximum atomic E-state index is 11.8. The lowest BCUT2D eigenvalue weighted by Gasteiger charge is -2.11. The molecule has 0 bridgehead atoms. The van der Waals surface area contributed by atoms with Crippen LogP contribution in [-0.4, -0.2) is 18.1 Å². The van der Waals surface area contributed by atoms with Crippen LogP contribution in [0.25, 0.3) is 0 Å². The molecule has 94 valence electrons. The molecule has 1 aromatic carbocycles. The average Bonchev–Trinajstić information content (AvgIpc) is 3.09. The topological polar surface area (TPSA) is 75.3 Å². The summed E-state index contributed by atoms with van der Waals surface area (Å²) in [5, 5.41) is 5.20. The van der Waals surface area contributed by atoms with Crippen molar-refractivity contribution in [3.8, 4) is 0 Å². The summed E-state index contributed by atoms with van der Waals surface area (Å²) in [5.41, 5.74) is 0.838. The van der Waals surface area contributed by atoms with E-state index in [4.69, 9.17) is 0 Å². The number of nitrogens with one attached hydrogen (secondary N) is 2. The maximum Gasteiger partial charge on any atom is 0.288 e. The fraction of sp³-hybridized carbons (Fsp3) is 0.308. The van der Waals surface area contributed by atoms with Crippen LogP contribution < -0.4 is 10.6 Å². The van der Waals surface area contributed by atoms with Crippen LogP contribution in [0.1, 0.15) is 19.8 Å². The Morgan fingerprint density at radius 2 is 1.83 bits per heavy atom. The summed E-state index contributed by atoms with van der Waals surface area (Å²) in [6.45, 7) is 1.92. The molecule has 0 unspecified atom stereocenters. The first-order valence-corrected chi connectivity index (χ1v) is 5.71. The molecule has 5 heteroatoms. The minimum absolute atomic E-state index is 0.0126. The number of carbonyl (C=O) groups excluding carboxylic acids is 3. The van der Waals surface area contributed by atoms with Gasteiger partial charge in [0.2, 0.25) is 12.2 Å². The van der Waals surface area contributed by atoms with E-state index in [-0.39, 0.29) is 17.6 Å². The predicted molar refractivity (Wildman–Crippen MR) is 67.1 cm³/mol. The molecule has 1 aliphatic carbocycles. The Hall–Kier alpha value is -2.17. The monoisotopic (exact) mass is 246 g/mol. The second kappa shape index (κ2) is 4.60. The molecule has 18 heavy (non-hydrogen) atoms. The van der Waals surface area contributed by atoms with Crippen LogP contribution >= 0.6 is 0 Å². The van der Waals surface area contributed by atoms with Gasteiger partial charge in [0, 0.05) is 16.8 Å². The lowest BCUT2D eigenvalue weighted by molar-refractivity contribution is -0.127. The summed E-state index contributed by atoms with van der Waals surface area (Å²) in [6, 6.07) is 6.70. The van der Waals surface area contributed by atoms with Crippen LogP contribution in [-0.2, 0) is 14.4 Å². The molecule has 2 rings (SSSR count). The Balaban J connectivity index is 2.05. The quantitative estimate of drug-likeness (QED) is 0.625. The molecule has 1 fully saturated rings. The van der Waals surface area contributed by atoms with Gasteiger partial charge in [-0.1, -0.05) is 13.0 Å². The largest absolute Gasteiger partial charge is 0.326 e. The summed E-state index contributed by atoms with van der Waals surface area (Å²) in [6.07, 6.45) is 2.01. The van der Waals surface area contributed by atoms with Gasteiger partial charge in [-0.2, -0.15) is 0 Å². The molecule has 0 radical (unpaired) electrons. The Labute approximate surface area is 105 Å². The van der Waals surface area contributed by atoms with Gasteiger partial charge in [0.05, 0.1) is 0 Å². The third-order valence-corrected chi connectivity index (χ3v) is 3.04. The molecule has 2 N–H and O–H groups in total. The highest BCUT2D eigenvalue weighted by Crippen LogP contribution is 2.45. The van der Waals surface area contributed by atoms with Crippen LogP contribution in [0.2, 0.25) is 0 Å². The molecular formula is C13H14N2O3. The molecule has 1 aromatic rings. The summed E-state index contributed by atoms with van der Waals surface area (Å²) < 4.78 is 0. The normalized spacial score (nSPS) is 15.6. The second-order valence-electron chi connectivity index (χ2n) is 4.70. The van der Waals surface area contributed by atoms with E-state index < -0.39 is 5.91 Å². The van der Waals surface area contributed by atoms with Crippen LogP contribution in [0.5, 0.6) is 0 Å². The van der Waals surface area contributed by atoms with E-state index in [9.17, 15) is 14.4 Å². The van der Waals surface area contributed by atoms with Gasteiger partial charge in [-0.05, 0) is 31.0 Å². The van der Waals surface area contributed by atoms with E-state index in [0.717, 1.165) is 12.8 Å². The molecule has 1 saturated carbocycles. The molecule has 5 nitrogen and oxygen atoms in total. The van der Waals surface area contributed by atoms with Crippen LogP contribution in [0.3, 0.4) is 0 Å². The van der Waals surface area contributed by atoms with E-state index >= 15 is 0 Å². The zero-order chi connectivity index (χ0) is 13.2. The second-order valence-corrected chi connectivity index (χ2v) is 4.70. The Kier molecular flexibility index (Phi) is 3.14. The number of carbonyl (C=O) groups is 3. The van der Waals surface area contributed by atoms with Gasteiger partial charge >= 0.3 is 0 Å². The highest BCUT2D eigenvalue weighted by molar-refractivity contribution is 6.29. The number of anilines is 2. The predicted octanol–water partition coefficient (Wildman–Crippen LogP) is 1.56. The van der Waals surface area contributed by atoms with Gasteiger partial charge in [0.1, 0.15) is 0 Å². The molecule has 0 aliphatic heterocycles. The smallest absolute Gasteiger partial charge is 0.288 e. The molecule has 0 heterocycles. The van der Waals surface area contributed by atoms with Crippen LogP contribution in [0, 0.1) is 5.41 Å². The van der Waals surface area contributed by atoms with Crippen molar-refractivity contribution in [2.24, 2.45) is 5.41 Å². The Morgan fingerprint density at radius 3 is 2.39 bits per heavy atom. The van der Waals surface area contributed by atoms with Gasteiger partial charge in [0.15, 0.2) is 0 Å². The summed E-state index contributed by atoms with van der Waals surface area (Å²) in [5.74, 6) is -0.728. The fourth-order valence-corrected chi connectivity index (χ4v) is 1.54. The van der Waals surface area contributed by atoms with Gasteiger partial charge in [-0.25, -0.2) is 0 Å². The molecule has 0 atom stereocenters. The zero-order valence-electron chi connectivity index (χ0n) is 10.0. The molecule has 0 spiro atoms. The number of hydrogen-bond acceptors (Lipinski definition) is 3. The van der Waals surface area contributed by atoms with Gasteiger partial charge < -0.3 is 10.6 Å². The van der Waals surface area contributed by atoms with Gasteiger partial charge in [-0.15, -0.1) is 0 Å². The van der Waals surface area contributed by atoms with Crippen molar-refractivity contribution < 1.29 is 14.4 Å². The lowest BCUT2D eigenvalue weighted by Crippen LogP contribution is -2.21. The first-order chi connectivity index (χ1) is 8.53. The SMILES string of the molecule is CC1(C(=O)Nc2cccc(NC(=O)C=O)c2)CC1. The lowest BCUT2D eigenvalue weighted by atomic mass is 10.1. The first-order valence-electron chi connectivity index (χ1n) is 5.71. The molecule has 0 aromatic heterocycles. The minimum Gasteiger partial charge on any atom is -0.326 e. The first kappa shape index (κ1) is 12.3. The van der Waals surface area contributed by atoms with E-state index in [2.05, 4.69) is 10.6 Å². The summed E-state index contributed by atoms with van der Waals surface area (Å²) in [4.78, 5) is 33.0. The van der Waals surface area contributed by atoms with Crippen molar-refractivity contribution in [1.29, 1.82) is 0 Å². The fourth-order valence-electron chi connectivity index (χ4n) is 1.54. The Bertz CT molecular complexity index is 507. The number of amides is 2. The van der Waals surface area contributed by atoms with E-state index in [1.807, 2.05) is 6.92 Å². The van der Waals surface area contributed by atoms with Crippen molar-refractivity contribution in [2.75, 3.05) is 10.6 Å². The van der Waals surface area contributed by atoms with Crippen LogP contribution in [0.15, 0.2) is 24.3 Å². The summed E-state index contributed by atoms with van der Waals surface area (Å²) in [7, 11) is 0. The maximum absolute atomic E-state index is 11.8. The van der Waals surface area contributed by atoms with E-state index in [0.29, 0.717) is 11.4 Å². The van der Waals surface area contributed by atoms with E-state index in [1.165, 1.54) is 0 Å². The van der Waals surface area contributed by atoms with Crippen molar-refractivity contribution in [3.05, 3.63) is 24.3 Å². The number of aldehydes is 1. The average molecular weight is 246 g/mol. The standard InChI is InChI=1S/C13H14N2O3/c1-13(5-6-13)12(18)15-10-4-2-3-9(7-10)14-11(17)8-16/h2-4,7-8H,5-6H2,1H3,(H,14,17)(H,15,18). The number of benzene rings is 1. The third kappa shape index (κ3) is 2.74. The van der Waals surface area contributed by atoms with Crippen molar-refractivity contribution in [3.63, 3.8) is 0 Å². The molecular weight excluding hydrogens is 232 g/mol. The third-order valence-electron chi connectivity index (χ3n) is 3.04. The van der Waals surface area contributed by atoms with E-state index in [1.54, 1.807) is 24.3 Å². The number of hydrogen-bond donors (Lipinski definition) is 2. The zero-order valence-corrected chi connectivity index (χ0v) is 10.0. The molecule has 0 saturated heterocycles. The highest BCUT2D eigenvalue weighted by atomic mass is 16.2. The van der Waals surface area contributed by atoms with Gasteiger partial charge in [0.25, 0.3) is 5.91 Å². The highest BCUT2D eigenvalue weighted by Gasteiger charge is 2.44. The molecule has 1 aliphatic rings. The van der Waals surface area contributed by atoms with Crippen molar-refractivity contribution in [1.82, 2.24) is 0 Å². The minimum atomic E-state index is -0.715.